The van der Waals surface area contributed by atoms with Crippen molar-refractivity contribution < 1.29 is 9.53 Å². The first kappa shape index (κ1) is 16.9. The monoisotopic (exact) mass is 303 g/mol. The zero-order valence-corrected chi connectivity index (χ0v) is 14.4. The molecular weight excluding hydrogens is 274 g/mol. The van der Waals surface area contributed by atoms with Crippen molar-refractivity contribution in [3.63, 3.8) is 0 Å². The molecule has 1 atom stereocenters. The lowest BCUT2D eigenvalue weighted by Crippen LogP contribution is -2.42. The second-order valence-corrected chi connectivity index (χ2v) is 6.66. The number of ether oxygens (including phenoxy) is 1. The van der Waals surface area contributed by atoms with Crippen LogP contribution in [0.5, 0.6) is 5.75 Å². The first-order chi connectivity index (χ1) is 10.5. The van der Waals surface area contributed by atoms with Gasteiger partial charge in [0.25, 0.3) is 5.91 Å². The Balaban J connectivity index is 1.96. The Morgan fingerprint density at radius 2 is 1.77 bits per heavy atom. The molecule has 0 heterocycles. The normalized spacial score (nSPS) is 17.6. The largest absolute Gasteiger partial charge is 0.481 e. The Kier molecular flexibility index (Phi) is 5.87. The lowest BCUT2D eigenvalue weighted by Gasteiger charge is -2.21. The molecule has 1 unspecified atom stereocenters. The van der Waals surface area contributed by atoms with Crippen LogP contribution >= 0.6 is 0 Å². The quantitative estimate of drug-likeness (QED) is 0.846. The smallest absolute Gasteiger partial charge is 0.260 e. The van der Waals surface area contributed by atoms with Crippen LogP contribution in [-0.4, -0.2) is 18.1 Å². The predicted octanol–water partition coefficient (Wildman–Crippen LogP) is 4.22. The molecule has 0 bridgehead atoms. The summed E-state index contributed by atoms with van der Waals surface area (Å²) in [5.74, 6) is 0.825. The average molecular weight is 303 g/mol. The molecule has 22 heavy (non-hydrogen) atoms. The third kappa shape index (κ3) is 4.49. The van der Waals surface area contributed by atoms with Gasteiger partial charge in [0.15, 0.2) is 6.10 Å². The molecule has 1 aromatic carbocycles. The van der Waals surface area contributed by atoms with E-state index in [1.165, 1.54) is 31.2 Å². The molecule has 2 rings (SSSR count). The van der Waals surface area contributed by atoms with Crippen molar-refractivity contribution in [2.75, 3.05) is 0 Å². The molecule has 0 spiro atoms. The first-order valence-electron chi connectivity index (χ1n) is 8.52. The van der Waals surface area contributed by atoms with E-state index >= 15 is 0 Å². The molecular formula is C19H29NO2. The maximum Gasteiger partial charge on any atom is 0.260 e. The number of carbonyl (C=O) groups is 1. The fourth-order valence-electron chi connectivity index (χ4n) is 3.11. The molecule has 0 radical (unpaired) electrons. The molecule has 1 aliphatic rings. The van der Waals surface area contributed by atoms with E-state index in [0.29, 0.717) is 6.04 Å². The summed E-state index contributed by atoms with van der Waals surface area (Å²) in [5, 5.41) is 3.16. The van der Waals surface area contributed by atoms with Gasteiger partial charge in [0.2, 0.25) is 0 Å². The van der Waals surface area contributed by atoms with E-state index < -0.39 is 6.10 Å². The molecule has 1 saturated carbocycles. The number of carbonyl (C=O) groups excluding carboxylic acids is 1. The number of benzene rings is 1. The van der Waals surface area contributed by atoms with E-state index in [-0.39, 0.29) is 5.91 Å². The zero-order chi connectivity index (χ0) is 16.1. The van der Waals surface area contributed by atoms with Crippen LogP contribution in [0.1, 0.15) is 62.1 Å². The molecule has 122 valence electrons. The number of nitrogens with one attached hydrogen (secondary N) is 1. The van der Waals surface area contributed by atoms with Gasteiger partial charge in [0, 0.05) is 6.04 Å². The van der Waals surface area contributed by atoms with Gasteiger partial charge < -0.3 is 10.1 Å². The number of hydrogen-bond donors (Lipinski definition) is 1. The summed E-state index contributed by atoms with van der Waals surface area (Å²) < 4.78 is 5.93. The molecule has 3 nitrogen and oxygen atoms in total. The number of hydrogen-bond acceptors (Lipinski definition) is 2. The topological polar surface area (TPSA) is 38.3 Å². The standard InChI is InChI=1S/C19H29NO2/c1-13-11-14(2)15(3)18(12-13)22-16(4)19(21)20-17-9-7-5-6-8-10-17/h11-12,16-17H,5-10H2,1-4H3,(H,20,21). The number of rotatable bonds is 4. The first-order valence-corrected chi connectivity index (χ1v) is 8.52. The Morgan fingerprint density at radius 3 is 2.41 bits per heavy atom. The summed E-state index contributed by atoms with van der Waals surface area (Å²) in [6.07, 6.45) is 6.76. The second-order valence-electron chi connectivity index (χ2n) is 6.66. The van der Waals surface area contributed by atoms with E-state index in [9.17, 15) is 4.79 Å². The van der Waals surface area contributed by atoms with Gasteiger partial charge in [-0.05, 0) is 63.3 Å². The predicted molar refractivity (Wildman–Crippen MR) is 90.4 cm³/mol. The lowest BCUT2D eigenvalue weighted by molar-refractivity contribution is -0.128. The van der Waals surface area contributed by atoms with E-state index in [1.807, 2.05) is 19.9 Å². The van der Waals surface area contributed by atoms with Crippen molar-refractivity contribution in [3.8, 4) is 5.75 Å². The SMILES string of the molecule is Cc1cc(C)c(C)c(OC(C)C(=O)NC2CCCCCC2)c1. The van der Waals surface area contributed by atoms with Crippen LogP contribution < -0.4 is 10.1 Å². The summed E-state index contributed by atoms with van der Waals surface area (Å²) in [4.78, 5) is 12.4. The van der Waals surface area contributed by atoms with E-state index in [2.05, 4.69) is 25.2 Å². The van der Waals surface area contributed by atoms with Crippen LogP contribution in [0.25, 0.3) is 0 Å². The summed E-state index contributed by atoms with van der Waals surface area (Å²) >= 11 is 0. The highest BCUT2D eigenvalue weighted by atomic mass is 16.5. The molecule has 0 aliphatic heterocycles. The molecule has 1 aromatic rings. The van der Waals surface area contributed by atoms with E-state index in [0.717, 1.165) is 29.7 Å². The van der Waals surface area contributed by atoms with Gasteiger partial charge in [-0.25, -0.2) is 0 Å². The van der Waals surface area contributed by atoms with Crippen LogP contribution in [0.4, 0.5) is 0 Å². The Hall–Kier alpha value is -1.51. The molecule has 1 fully saturated rings. The van der Waals surface area contributed by atoms with E-state index in [4.69, 9.17) is 4.74 Å². The fourth-order valence-corrected chi connectivity index (χ4v) is 3.11. The molecule has 1 amide bonds. The summed E-state index contributed by atoms with van der Waals surface area (Å²) in [6, 6.07) is 4.47. The highest BCUT2D eigenvalue weighted by molar-refractivity contribution is 5.81. The van der Waals surface area contributed by atoms with E-state index in [1.54, 1.807) is 0 Å². The highest BCUT2D eigenvalue weighted by Gasteiger charge is 2.20. The molecule has 1 aliphatic carbocycles. The minimum absolute atomic E-state index is 0.00505. The number of amides is 1. The zero-order valence-electron chi connectivity index (χ0n) is 14.4. The van der Waals surface area contributed by atoms with Crippen LogP contribution in [0, 0.1) is 20.8 Å². The molecule has 0 aromatic heterocycles. The van der Waals surface area contributed by atoms with Gasteiger partial charge >= 0.3 is 0 Å². The van der Waals surface area contributed by atoms with Crippen molar-refractivity contribution in [3.05, 3.63) is 28.8 Å². The number of aryl methyl sites for hydroxylation is 2. The van der Waals surface area contributed by atoms with Gasteiger partial charge in [0.1, 0.15) is 5.75 Å². The van der Waals surface area contributed by atoms with Crippen LogP contribution in [0.2, 0.25) is 0 Å². The van der Waals surface area contributed by atoms with Gasteiger partial charge in [-0.15, -0.1) is 0 Å². The fraction of sp³-hybridized carbons (Fsp3) is 0.632. The van der Waals surface area contributed by atoms with Crippen molar-refractivity contribution in [1.29, 1.82) is 0 Å². The third-order valence-electron chi connectivity index (χ3n) is 4.64. The average Bonchev–Trinajstić information content (AvgIpc) is 2.72. The van der Waals surface area contributed by atoms with Gasteiger partial charge in [-0.3, -0.25) is 4.79 Å². The summed E-state index contributed by atoms with van der Waals surface area (Å²) in [7, 11) is 0. The minimum Gasteiger partial charge on any atom is -0.481 e. The van der Waals surface area contributed by atoms with Gasteiger partial charge in [-0.2, -0.15) is 0 Å². The molecule has 0 saturated heterocycles. The summed E-state index contributed by atoms with van der Waals surface area (Å²) in [5.41, 5.74) is 3.47. The third-order valence-corrected chi connectivity index (χ3v) is 4.64. The maximum atomic E-state index is 12.4. The molecule has 3 heteroatoms. The van der Waals surface area contributed by atoms with Crippen molar-refractivity contribution in [2.24, 2.45) is 0 Å². The Bertz CT molecular complexity index is 516. The van der Waals surface area contributed by atoms with Crippen LogP contribution in [-0.2, 0) is 4.79 Å². The summed E-state index contributed by atoms with van der Waals surface area (Å²) in [6.45, 7) is 8.00. The maximum absolute atomic E-state index is 12.4. The second kappa shape index (κ2) is 7.66. The minimum atomic E-state index is -0.455. The Morgan fingerprint density at radius 1 is 1.14 bits per heavy atom. The lowest BCUT2D eigenvalue weighted by atomic mass is 10.1. The van der Waals surface area contributed by atoms with Crippen molar-refractivity contribution in [1.82, 2.24) is 5.32 Å². The van der Waals surface area contributed by atoms with Crippen LogP contribution in [0.3, 0.4) is 0 Å². The van der Waals surface area contributed by atoms with Gasteiger partial charge in [0.05, 0.1) is 0 Å². The van der Waals surface area contributed by atoms with Crippen molar-refractivity contribution in [2.45, 2.75) is 78.4 Å². The van der Waals surface area contributed by atoms with Gasteiger partial charge in [-0.1, -0.05) is 31.7 Å². The Labute approximate surface area is 134 Å². The highest BCUT2D eigenvalue weighted by Crippen LogP contribution is 2.24. The van der Waals surface area contributed by atoms with Crippen molar-refractivity contribution >= 4 is 5.91 Å². The molecule has 1 N–H and O–H groups in total. The van der Waals surface area contributed by atoms with Crippen LogP contribution in [0.15, 0.2) is 12.1 Å².